The summed E-state index contributed by atoms with van der Waals surface area (Å²) in [6.45, 7) is 5.33. The lowest BCUT2D eigenvalue weighted by Gasteiger charge is -2.13. The van der Waals surface area contributed by atoms with Crippen molar-refractivity contribution in [3.63, 3.8) is 0 Å². The molecule has 1 heterocycles. The van der Waals surface area contributed by atoms with Gasteiger partial charge in [-0.1, -0.05) is 13.8 Å². The van der Waals surface area contributed by atoms with Crippen LogP contribution in [-0.4, -0.2) is 14.8 Å². The molecule has 1 fully saturated rings. The van der Waals surface area contributed by atoms with Crippen LogP contribution in [0.5, 0.6) is 0 Å². The maximum atomic E-state index is 6.10. The predicted molar refractivity (Wildman–Crippen MR) is 54.5 cm³/mol. The second kappa shape index (κ2) is 3.69. The monoisotopic (exact) mass is 194 g/mol. The Labute approximate surface area is 84.5 Å². The lowest BCUT2D eigenvalue weighted by Crippen LogP contribution is -2.19. The molecule has 4 heteroatoms. The molecule has 1 atom stereocenters. The minimum atomic E-state index is 0.0937. The Kier molecular flexibility index (Phi) is 2.54. The van der Waals surface area contributed by atoms with E-state index < -0.39 is 0 Å². The molecule has 1 aromatic heterocycles. The van der Waals surface area contributed by atoms with Crippen LogP contribution in [0.15, 0.2) is 6.33 Å². The lowest BCUT2D eigenvalue weighted by molar-refractivity contribution is 0.474. The zero-order valence-electron chi connectivity index (χ0n) is 8.85. The summed E-state index contributed by atoms with van der Waals surface area (Å²) in [6.07, 6.45) is 4.28. The van der Waals surface area contributed by atoms with Gasteiger partial charge >= 0.3 is 0 Å². The maximum Gasteiger partial charge on any atom is 0.150 e. The predicted octanol–water partition coefficient (Wildman–Crippen LogP) is 1.34. The summed E-state index contributed by atoms with van der Waals surface area (Å²) in [4.78, 5) is 0. The first kappa shape index (κ1) is 9.65. The zero-order chi connectivity index (χ0) is 10.1. The fourth-order valence-corrected chi connectivity index (χ4v) is 1.72. The molecule has 4 nitrogen and oxygen atoms in total. The van der Waals surface area contributed by atoms with Gasteiger partial charge in [-0.2, -0.15) is 0 Å². The van der Waals surface area contributed by atoms with E-state index in [1.165, 1.54) is 12.8 Å². The fraction of sp³-hybridized carbons (Fsp3) is 0.800. The van der Waals surface area contributed by atoms with Crippen molar-refractivity contribution >= 4 is 0 Å². The van der Waals surface area contributed by atoms with E-state index in [4.69, 9.17) is 5.73 Å². The van der Waals surface area contributed by atoms with Crippen molar-refractivity contribution in [1.82, 2.24) is 14.8 Å². The highest BCUT2D eigenvalue weighted by Crippen LogP contribution is 2.38. The second-order valence-electron chi connectivity index (χ2n) is 4.60. The summed E-state index contributed by atoms with van der Waals surface area (Å²) in [7, 11) is 0. The standard InChI is InChI=1S/C10H18N4/c1-7(2)5-14-6-12-13-10(14)9(11)8-3-4-8/h6-9H,3-5,11H2,1-2H3. The summed E-state index contributed by atoms with van der Waals surface area (Å²) in [5, 5.41) is 8.06. The topological polar surface area (TPSA) is 56.7 Å². The maximum absolute atomic E-state index is 6.10. The highest BCUT2D eigenvalue weighted by Gasteiger charge is 2.32. The summed E-state index contributed by atoms with van der Waals surface area (Å²) in [5.41, 5.74) is 6.10. The molecule has 14 heavy (non-hydrogen) atoms. The molecule has 1 unspecified atom stereocenters. The van der Waals surface area contributed by atoms with Crippen molar-refractivity contribution in [2.24, 2.45) is 17.6 Å². The summed E-state index contributed by atoms with van der Waals surface area (Å²) >= 11 is 0. The van der Waals surface area contributed by atoms with E-state index >= 15 is 0 Å². The number of hydrogen-bond donors (Lipinski definition) is 1. The van der Waals surface area contributed by atoms with Gasteiger partial charge in [0.25, 0.3) is 0 Å². The largest absolute Gasteiger partial charge is 0.321 e. The zero-order valence-corrected chi connectivity index (χ0v) is 8.85. The van der Waals surface area contributed by atoms with Gasteiger partial charge in [0, 0.05) is 6.54 Å². The van der Waals surface area contributed by atoms with Crippen LogP contribution < -0.4 is 5.73 Å². The van der Waals surface area contributed by atoms with Crippen LogP contribution in [0.2, 0.25) is 0 Å². The average Bonchev–Trinajstić information content (AvgIpc) is 2.86. The Balaban J connectivity index is 2.11. The van der Waals surface area contributed by atoms with Crippen molar-refractivity contribution < 1.29 is 0 Å². The molecular formula is C10H18N4. The number of rotatable bonds is 4. The Morgan fingerprint density at radius 1 is 1.57 bits per heavy atom. The molecule has 78 valence electrons. The van der Waals surface area contributed by atoms with Crippen molar-refractivity contribution in [3.05, 3.63) is 12.2 Å². The molecule has 0 saturated heterocycles. The van der Waals surface area contributed by atoms with Crippen LogP contribution in [0.4, 0.5) is 0 Å². The number of nitrogens with zero attached hydrogens (tertiary/aromatic N) is 3. The average molecular weight is 194 g/mol. The molecule has 0 radical (unpaired) electrons. The van der Waals surface area contributed by atoms with Gasteiger partial charge in [0.1, 0.15) is 12.2 Å². The molecule has 0 bridgehead atoms. The highest BCUT2D eigenvalue weighted by atomic mass is 15.3. The first-order valence-electron chi connectivity index (χ1n) is 5.31. The molecule has 1 aliphatic carbocycles. The van der Waals surface area contributed by atoms with Crippen LogP contribution in [0.3, 0.4) is 0 Å². The third kappa shape index (κ3) is 1.95. The molecular weight excluding hydrogens is 176 g/mol. The lowest BCUT2D eigenvalue weighted by atomic mass is 10.1. The van der Waals surface area contributed by atoms with Crippen LogP contribution in [0, 0.1) is 11.8 Å². The molecule has 1 aromatic rings. The minimum absolute atomic E-state index is 0.0937. The normalized spacial score (nSPS) is 18.9. The van der Waals surface area contributed by atoms with E-state index in [1.807, 2.05) is 0 Å². The summed E-state index contributed by atoms with van der Waals surface area (Å²) in [6, 6.07) is 0.0937. The highest BCUT2D eigenvalue weighted by molar-refractivity contribution is 5.00. The molecule has 2 rings (SSSR count). The third-order valence-electron chi connectivity index (χ3n) is 2.64. The van der Waals surface area contributed by atoms with Gasteiger partial charge < -0.3 is 10.3 Å². The molecule has 0 aromatic carbocycles. The van der Waals surface area contributed by atoms with Crippen LogP contribution >= 0.6 is 0 Å². The Morgan fingerprint density at radius 2 is 2.29 bits per heavy atom. The van der Waals surface area contributed by atoms with E-state index in [1.54, 1.807) is 6.33 Å². The van der Waals surface area contributed by atoms with Gasteiger partial charge in [-0.15, -0.1) is 10.2 Å². The molecule has 1 saturated carbocycles. The molecule has 0 spiro atoms. The van der Waals surface area contributed by atoms with Gasteiger partial charge in [0.15, 0.2) is 0 Å². The smallest absolute Gasteiger partial charge is 0.150 e. The van der Waals surface area contributed by atoms with Gasteiger partial charge in [0.2, 0.25) is 0 Å². The summed E-state index contributed by atoms with van der Waals surface area (Å²) < 4.78 is 2.09. The Morgan fingerprint density at radius 3 is 2.86 bits per heavy atom. The van der Waals surface area contributed by atoms with Crippen molar-refractivity contribution in [2.75, 3.05) is 0 Å². The van der Waals surface area contributed by atoms with E-state index in [2.05, 4.69) is 28.6 Å². The van der Waals surface area contributed by atoms with Crippen LogP contribution in [0.1, 0.15) is 38.6 Å². The van der Waals surface area contributed by atoms with E-state index in [0.717, 1.165) is 12.4 Å². The second-order valence-corrected chi connectivity index (χ2v) is 4.60. The van der Waals surface area contributed by atoms with Gasteiger partial charge in [-0.3, -0.25) is 0 Å². The molecule has 1 aliphatic rings. The van der Waals surface area contributed by atoms with Gasteiger partial charge in [-0.05, 0) is 24.7 Å². The van der Waals surface area contributed by atoms with Crippen LogP contribution in [0.25, 0.3) is 0 Å². The third-order valence-corrected chi connectivity index (χ3v) is 2.64. The molecule has 0 amide bonds. The SMILES string of the molecule is CC(C)Cn1cnnc1C(N)C1CC1. The number of aromatic nitrogens is 3. The Bertz CT molecular complexity index is 301. The quantitative estimate of drug-likeness (QED) is 0.787. The molecule has 0 aliphatic heterocycles. The number of nitrogens with two attached hydrogens (primary N) is 1. The molecule has 2 N–H and O–H groups in total. The van der Waals surface area contributed by atoms with Crippen molar-refractivity contribution in [1.29, 1.82) is 0 Å². The minimum Gasteiger partial charge on any atom is -0.321 e. The van der Waals surface area contributed by atoms with Crippen molar-refractivity contribution in [2.45, 2.75) is 39.3 Å². The van der Waals surface area contributed by atoms with Gasteiger partial charge in [-0.25, -0.2) is 0 Å². The number of hydrogen-bond acceptors (Lipinski definition) is 3. The van der Waals surface area contributed by atoms with E-state index in [0.29, 0.717) is 11.8 Å². The van der Waals surface area contributed by atoms with E-state index in [-0.39, 0.29) is 6.04 Å². The fourth-order valence-electron chi connectivity index (χ4n) is 1.72. The first-order valence-corrected chi connectivity index (χ1v) is 5.31. The van der Waals surface area contributed by atoms with Crippen LogP contribution in [-0.2, 0) is 6.54 Å². The van der Waals surface area contributed by atoms with Crippen molar-refractivity contribution in [3.8, 4) is 0 Å². The summed E-state index contributed by atoms with van der Waals surface area (Å²) in [5.74, 6) is 2.21. The Hall–Kier alpha value is -0.900. The van der Waals surface area contributed by atoms with Gasteiger partial charge in [0.05, 0.1) is 6.04 Å². The first-order chi connectivity index (χ1) is 6.68. The van der Waals surface area contributed by atoms with E-state index in [9.17, 15) is 0 Å².